The number of nitrogens with one attached hydrogen (secondary N) is 1. The Morgan fingerprint density at radius 3 is 2.46 bits per heavy atom. The molecule has 1 heterocycles. The van der Waals surface area contributed by atoms with Gasteiger partial charge in [-0.1, -0.05) is 43.5 Å². The molecule has 0 unspecified atom stereocenters. The molecule has 2 aliphatic rings. The zero-order valence-corrected chi connectivity index (χ0v) is 21.3. The third-order valence-electron chi connectivity index (χ3n) is 7.59. The predicted molar refractivity (Wildman–Crippen MR) is 139 cm³/mol. The van der Waals surface area contributed by atoms with Crippen molar-refractivity contribution < 1.29 is 13.9 Å². The summed E-state index contributed by atoms with van der Waals surface area (Å²) in [6.45, 7) is 7.78. The summed E-state index contributed by atoms with van der Waals surface area (Å²) < 4.78 is 20.6. The summed E-state index contributed by atoms with van der Waals surface area (Å²) in [6.07, 6.45) is 6.62. The van der Waals surface area contributed by atoms with Crippen molar-refractivity contribution in [3.8, 4) is 16.9 Å². The monoisotopic (exact) mass is 481 g/mol. The van der Waals surface area contributed by atoms with Crippen LogP contribution in [0.5, 0.6) is 5.75 Å². The van der Waals surface area contributed by atoms with Crippen molar-refractivity contribution in [2.24, 2.45) is 5.92 Å². The van der Waals surface area contributed by atoms with Crippen molar-refractivity contribution >= 4 is 5.91 Å². The van der Waals surface area contributed by atoms with Gasteiger partial charge in [-0.3, -0.25) is 9.69 Å². The first-order chi connectivity index (χ1) is 17.0. The van der Waals surface area contributed by atoms with Gasteiger partial charge in [0, 0.05) is 50.4 Å². The summed E-state index contributed by atoms with van der Waals surface area (Å²) in [5.41, 5.74) is 2.27. The average Bonchev–Trinajstić information content (AvgIpc) is 2.86. The normalized spacial score (nSPS) is 18.8. The summed E-state index contributed by atoms with van der Waals surface area (Å²) in [5, 5.41) is 3.18. The minimum atomic E-state index is -0.297. The molecular formula is C29H40FN3O2. The topological polar surface area (TPSA) is 44.8 Å². The van der Waals surface area contributed by atoms with Crippen molar-refractivity contribution in [3.63, 3.8) is 0 Å². The Morgan fingerprint density at radius 2 is 1.77 bits per heavy atom. The molecule has 2 aromatic carbocycles. The SMILES string of the molecule is C[C@@H](NC(=O)Cc1ccc(-c2ccc(OCCN3CCN(C)CC3)cc2F)cc1)C1CCCCC1. The van der Waals surface area contributed by atoms with E-state index < -0.39 is 0 Å². The predicted octanol–water partition coefficient (Wildman–Crippen LogP) is 4.75. The quantitative estimate of drug-likeness (QED) is 0.562. The maximum Gasteiger partial charge on any atom is 0.224 e. The van der Waals surface area contributed by atoms with Crippen LogP contribution in [0.1, 0.15) is 44.6 Å². The lowest BCUT2D eigenvalue weighted by atomic mass is 9.84. The number of carbonyl (C=O) groups is 1. The first kappa shape index (κ1) is 25.6. The standard InChI is InChI=1S/C29H40FN3O2/c1-22(24-6-4-3-5-7-24)31-29(34)20-23-8-10-25(11-9-23)27-13-12-26(21-28(27)30)35-19-18-33-16-14-32(2)15-17-33/h8-13,21-22,24H,3-7,14-20H2,1-2H3,(H,31,34)/t22-/m1/s1. The fourth-order valence-corrected chi connectivity index (χ4v) is 5.23. The molecule has 2 aromatic rings. The minimum absolute atomic E-state index is 0.0556. The summed E-state index contributed by atoms with van der Waals surface area (Å²) in [6, 6.07) is 12.9. The molecule has 2 fully saturated rings. The van der Waals surface area contributed by atoms with Crippen molar-refractivity contribution in [2.75, 3.05) is 46.4 Å². The highest BCUT2D eigenvalue weighted by Crippen LogP contribution is 2.28. The van der Waals surface area contributed by atoms with E-state index in [2.05, 4.69) is 29.1 Å². The number of benzene rings is 2. The lowest BCUT2D eigenvalue weighted by molar-refractivity contribution is -0.121. The van der Waals surface area contributed by atoms with Crippen molar-refractivity contribution in [1.82, 2.24) is 15.1 Å². The molecule has 1 amide bonds. The van der Waals surface area contributed by atoms with Crippen LogP contribution in [-0.4, -0.2) is 68.1 Å². The van der Waals surface area contributed by atoms with E-state index in [1.54, 1.807) is 6.07 Å². The number of likely N-dealkylation sites (N-methyl/N-ethyl adjacent to an activating group) is 1. The molecule has 190 valence electrons. The van der Waals surface area contributed by atoms with E-state index in [1.165, 1.54) is 38.2 Å². The van der Waals surface area contributed by atoms with E-state index in [9.17, 15) is 9.18 Å². The largest absolute Gasteiger partial charge is 0.492 e. The maximum atomic E-state index is 14.8. The van der Waals surface area contributed by atoms with Crippen molar-refractivity contribution in [1.29, 1.82) is 0 Å². The zero-order valence-electron chi connectivity index (χ0n) is 21.3. The molecule has 35 heavy (non-hydrogen) atoms. The number of piperazine rings is 1. The Morgan fingerprint density at radius 1 is 1.06 bits per heavy atom. The van der Waals surface area contributed by atoms with Gasteiger partial charge >= 0.3 is 0 Å². The molecule has 0 bridgehead atoms. The van der Waals surface area contributed by atoms with Gasteiger partial charge in [0.15, 0.2) is 0 Å². The molecule has 1 N–H and O–H groups in total. The lowest BCUT2D eigenvalue weighted by Crippen LogP contribution is -2.45. The Balaban J connectivity index is 1.26. The van der Waals surface area contributed by atoms with Crippen LogP contribution >= 0.6 is 0 Å². The molecule has 0 radical (unpaired) electrons. The number of rotatable bonds is 9. The molecule has 0 spiro atoms. The van der Waals surface area contributed by atoms with Crippen LogP contribution in [0.3, 0.4) is 0 Å². The van der Waals surface area contributed by atoms with Crippen LogP contribution in [0, 0.1) is 11.7 Å². The second-order valence-corrected chi connectivity index (χ2v) is 10.3. The van der Waals surface area contributed by atoms with Gasteiger partial charge in [0.25, 0.3) is 0 Å². The van der Waals surface area contributed by atoms with Crippen LogP contribution in [0.25, 0.3) is 11.1 Å². The van der Waals surface area contributed by atoms with Crippen molar-refractivity contribution in [2.45, 2.75) is 51.5 Å². The molecule has 5 nitrogen and oxygen atoms in total. The maximum absolute atomic E-state index is 14.8. The number of halogens is 1. The van der Waals surface area contributed by atoms with E-state index in [1.807, 2.05) is 30.3 Å². The van der Waals surface area contributed by atoms with E-state index in [-0.39, 0.29) is 17.8 Å². The Bertz CT molecular complexity index is 951. The highest BCUT2D eigenvalue weighted by molar-refractivity contribution is 5.79. The molecule has 1 saturated heterocycles. The van der Waals surface area contributed by atoms with Crippen LogP contribution in [0.4, 0.5) is 4.39 Å². The minimum Gasteiger partial charge on any atom is -0.492 e. The second kappa shape index (κ2) is 12.5. The summed E-state index contributed by atoms with van der Waals surface area (Å²) >= 11 is 0. The van der Waals surface area contributed by atoms with Gasteiger partial charge < -0.3 is 15.0 Å². The third kappa shape index (κ3) is 7.52. The molecule has 1 atom stereocenters. The molecule has 1 saturated carbocycles. The Hall–Kier alpha value is -2.44. The van der Waals surface area contributed by atoms with Crippen LogP contribution in [-0.2, 0) is 11.2 Å². The van der Waals surface area contributed by atoms with Crippen LogP contribution < -0.4 is 10.1 Å². The van der Waals surface area contributed by atoms with Gasteiger partial charge in [-0.2, -0.15) is 0 Å². The smallest absolute Gasteiger partial charge is 0.224 e. The lowest BCUT2D eigenvalue weighted by Gasteiger charge is -2.32. The highest BCUT2D eigenvalue weighted by Gasteiger charge is 2.21. The van der Waals surface area contributed by atoms with Gasteiger partial charge in [0.1, 0.15) is 18.2 Å². The molecule has 1 aliphatic heterocycles. The summed E-state index contributed by atoms with van der Waals surface area (Å²) in [7, 11) is 2.14. The fourth-order valence-electron chi connectivity index (χ4n) is 5.23. The van der Waals surface area contributed by atoms with Gasteiger partial charge in [0.2, 0.25) is 5.91 Å². The number of amides is 1. The number of ether oxygens (including phenoxy) is 1. The van der Waals surface area contributed by atoms with Crippen LogP contribution in [0.2, 0.25) is 0 Å². The van der Waals surface area contributed by atoms with Crippen LogP contribution in [0.15, 0.2) is 42.5 Å². The summed E-state index contributed by atoms with van der Waals surface area (Å²) in [4.78, 5) is 17.2. The number of nitrogens with zero attached hydrogens (tertiary/aromatic N) is 2. The summed E-state index contributed by atoms with van der Waals surface area (Å²) in [5.74, 6) is 0.909. The average molecular weight is 482 g/mol. The second-order valence-electron chi connectivity index (χ2n) is 10.3. The molecule has 6 heteroatoms. The van der Waals surface area contributed by atoms with Crippen molar-refractivity contribution in [3.05, 3.63) is 53.8 Å². The molecule has 0 aromatic heterocycles. The molecular weight excluding hydrogens is 441 g/mol. The molecule has 1 aliphatic carbocycles. The first-order valence-corrected chi connectivity index (χ1v) is 13.2. The fraction of sp³-hybridized carbons (Fsp3) is 0.552. The number of hydrogen-bond donors (Lipinski definition) is 1. The Kier molecular flexibility index (Phi) is 9.16. The first-order valence-electron chi connectivity index (χ1n) is 13.2. The van der Waals surface area contributed by atoms with Gasteiger partial charge in [-0.25, -0.2) is 4.39 Å². The number of hydrogen-bond acceptors (Lipinski definition) is 4. The highest BCUT2D eigenvalue weighted by atomic mass is 19.1. The van der Waals surface area contributed by atoms with E-state index in [0.717, 1.165) is 43.9 Å². The van der Waals surface area contributed by atoms with E-state index in [0.29, 0.717) is 30.3 Å². The zero-order chi connectivity index (χ0) is 24.6. The molecule has 4 rings (SSSR count). The third-order valence-corrected chi connectivity index (χ3v) is 7.59. The number of carbonyl (C=O) groups excluding carboxylic acids is 1. The van der Waals surface area contributed by atoms with E-state index in [4.69, 9.17) is 4.74 Å². The Labute approximate surface area is 209 Å². The van der Waals surface area contributed by atoms with E-state index >= 15 is 0 Å². The van der Waals surface area contributed by atoms with Gasteiger partial charge in [-0.05, 0) is 56.0 Å². The van der Waals surface area contributed by atoms with Gasteiger partial charge in [-0.15, -0.1) is 0 Å². The van der Waals surface area contributed by atoms with Gasteiger partial charge in [0.05, 0.1) is 6.42 Å².